The third-order valence-electron chi connectivity index (χ3n) is 1.79. The quantitative estimate of drug-likeness (QED) is 0.648. The lowest BCUT2D eigenvalue weighted by Crippen LogP contribution is -2.32. The topological polar surface area (TPSA) is 59.6 Å². The summed E-state index contributed by atoms with van der Waals surface area (Å²) in [4.78, 5) is 13.5. The van der Waals surface area contributed by atoms with E-state index in [1.807, 2.05) is 5.48 Å². The highest BCUT2D eigenvalue weighted by molar-refractivity contribution is 6.44. The predicted octanol–water partition coefficient (Wildman–Crippen LogP) is 3.14. The molecular formula is C10H10Cl2F2N2O3. The Kier molecular flexibility index (Phi) is 5.59. The van der Waals surface area contributed by atoms with Crippen molar-refractivity contribution >= 4 is 34.9 Å². The summed E-state index contributed by atoms with van der Waals surface area (Å²) in [5, 5.41) is 2.33. The van der Waals surface area contributed by atoms with E-state index in [4.69, 9.17) is 23.2 Å². The van der Waals surface area contributed by atoms with E-state index in [1.54, 1.807) is 0 Å². The molecule has 5 nitrogen and oxygen atoms in total. The Balaban J connectivity index is 2.75. The van der Waals surface area contributed by atoms with Crippen molar-refractivity contribution in [2.24, 2.45) is 0 Å². The van der Waals surface area contributed by atoms with Gasteiger partial charge in [-0.15, -0.1) is 0 Å². The van der Waals surface area contributed by atoms with Crippen LogP contribution in [0.3, 0.4) is 0 Å². The van der Waals surface area contributed by atoms with E-state index < -0.39 is 17.0 Å². The normalized spacial score (nSPS) is 11.3. The number of urea groups is 1. The van der Waals surface area contributed by atoms with E-state index in [0.29, 0.717) is 0 Å². The van der Waals surface area contributed by atoms with Crippen LogP contribution in [0.25, 0.3) is 0 Å². The number of carbonyl (C=O) groups is 1. The number of rotatable bonds is 5. The number of alkyl halides is 4. The van der Waals surface area contributed by atoms with Crippen LogP contribution in [0.4, 0.5) is 19.3 Å². The molecule has 0 radical (unpaired) electrons. The summed E-state index contributed by atoms with van der Waals surface area (Å²) in [6.45, 7) is 0. The lowest BCUT2D eigenvalue weighted by Gasteiger charge is -2.19. The molecule has 0 heterocycles. The molecule has 0 spiro atoms. The third-order valence-corrected chi connectivity index (χ3v) is 2.30. The van der Waals surface area contributed by atoms with Crippen LogP contribution in [0.5, 0.6) is 5.75 Å². The summed E-state index contributed by atoms with van der Waals surface area (Å²) in [6.07, 6.45) is -3.74. The molecule has 19 heavy (non-hydrogen) atoms. The number of hydroxylamine groups is 1. The standard InChI is InChI=1S/C10H10Cl2F2N2O3/c1-18-16-9(17)15-6-3-2-4-7(5-6)19-10(13,14)8(11)12/h2-5,8H,1H3,(H2,15,16,17). The minimum absolute atomic E-state index is 0.202. The number of hydrogen-bond donors (Lipinski definition) is 2. The van der Waals surface area contributed by atoms with Gasteiger partial charge in [0.25, 0.3) is 0 Å². The van der Waals surface area contributed by atoms with E-state index >= 15 is 0 Å². The lowest BCUT2D eigenvalue weighted by molar-refractivity contribution is -0.163. The fourth-order valence-electron chi connectivity index (χ4n) is 1.09. The zero-order chi connectivity index (χ0) is 14.5. The van der Waals surface area contributed by atoms with Crippen LogP contribution in [-0.2, 0) is 4.84 Å². The van der Waals surface area contributed by atoms with Crippen LogP contribution < -0.4 is 15.5 Å². The SMILES string of the molecule is CONC(=O)Nc1cccc(OC(F)(F)C(Cl)Cl)c1. The summed E-state index contributed by atoms with van der Waals surface area (Å²) < 4.78 is 30.6. The first-order valence-electron chi connectivity index (χ1n) is 4.90. The van der Waals surface area contributed by atoms with Gasteiger partial charge in [-0.1, -0.05) is 29.3 Å². The molecule has 1 aromatic carbocycles. The third kappa shape index (κ3) is 5.06. The van der Waals surface area contributed by atoms with Crippen molar-refractivity contribution in [3.8, 4) is 5.75 Å². The molecule has 0 bridgehead atoms. The Morgan fingerprint density at radius 1 is 1.42 bits per heavy atom. The zero-order valence-corrected chi connectivity index (χ0v) is 11.1. The van der Waals surface area contributed by atoms with Crippen molar-refractivity contribution in [2.75, 3.05) is 12.4 Å². The Bertz CT molecular complexity index is 447. The summed E-state index contributed by atoms with van der Waals surface area (Å²) in [5.74, 6) is -0.202. The molecule has 9 heteroatoms. The van der Waals surface area contributed by atoms with Gasteiger partial charge in [-0.2, -0.15) is 8.78 Å². The van der Waals surface area contributed by atoms with Crippen LogP contribution in [0.2, 0.25) is 0 Å². The van der Waals surface area contributed by atoms with Crippen LogP contribution in [0, 0.1) is 0 Å². The smallest absolute Gasteiger partial charge is 0.428 e. The van der Waals surface area contributed by atoms with Crippen molar-refractivity contribution in [2.45, 2.75) is 10.9 Å². The van der Waals surface area contributed by atoms with Crippen LogP contribution in [0.15, 0.2) is 24.3 Å². The molecule has 106 valence electrons. The number of anilines is 1. The van der Waals surface area contributed by atoms with Crippen molar-refractivity contribution in [1.29, 1.82) is 0 Å². The van der Waals surface area contributed by atoms with Gasteiger partial charge in [0, 0.05) is 11.8 Å². The molecule has 0 unspecified atom stereocenters. The summed E-state index contributed by atoms with van der Waals surface area (Å²) in [6, 6.07) is 4.66. The summed E-state index contributed by atoms with van der Waals surface area (Å²) >= 11 is 10.2. The first-order valence-corrected chi connectivity index (χ1v) is 5.77. The molecule has 0 fully saturated rings. The molecule has 0 atom stereocenters. The van der Waals surface area contributed by atoms with Gasteiger partial charge in [0.05, 0.1) is 7.11 Å². The molecule has 0 saturated carbocycles. The molecule has 0 aliphatic carbocycles. The van der Waals surface area contributed by atoms with Crippen LogP contribution >= 0.6 is 23.2 Å². The lowest BCUT2D eigenvalue weighted by atomic mass is 10.3. The molecule has 1 aromatic rings. The molecule has 2 N–H and O–H groups in total. The Morgan fingerprint density at radius 2 is 2.11 bits per heavy atom. The molecule has 2 amide bonds. The predicted molar refractivity (Wildman–Crippen MR) is 66.7 cm³/mol. The van der Waals surface area contributed by atoms with Gasteiger partial charge in [0.2, 0.25) is 4.84 Å². The average Bonchev–Trinajstić information content (AvgIpc) is 2.28. The molecule has 0 aliphatic rings. The average molecular weight is 315 g/mol. The van der Waals surface area contributed by atoms with Crippen LogP contribution in [-0.4, -0.2) is 24.1 Å². The fraction of sp³-hybridized carbons (Fsp3) is 0.300. The van der Waals surface area contributed by atoms with Crippen molar-refractivity contribution in [3.63, 3.8) is 0 Å². The number of nitrogens with one attached hydrogen (secondary N) is 2. The molecule has 1 rings (SSSR count). The second-order valence-corrected chi connectivity index (χ2v) is 4.35. The van der Waals surface area contributed by atoms with Gasteiger partial charge in [0.1, 0.15) is 5.75 Å². The largest absolute Gasteiger partial charge is 0.430 e. The molecular weight excluding hydrogens is 305 g/mol. The van der Waals surface area contributed by atoms with Gasteiger partial charge in [-0.25, -0.2) is 10.3 Å². The van der Waals surface area contributed by atoms with E-state index in [2.05, 4.69) is 14.9 Å². The second-order valence-electron chi connectivity index (χ2n) is 3.25. The molecule has 0 aliphatic heterocycles. The number of amides is 2. The van der Waals surface area contributed by atoms with Gasteiger partial charge < -0.3 is 10.1 Å². The maximum atomic E-state index is 13.1. The molecule has 0 aromatic heterocycles. The Hall–Kier alpha value is -1.31. The Labute approximate surface area is 117 Å². The summed E-state index contributed by atoms with van der Waals surface area (Å²) in [7, 11) is 1.25. The van der Waals surface area contributed by atoms with Crippen LogP contribution in [0.1, 0.15) is 0 Å². The second kappa shape index (κ2) is 6.74. The van der Waals surface area contributed by atoms with Gasteiger partial charge >= 0.3 is 12.1 Å². The maximum Gasteiger partial charge on any atom is 0.428 e. The van der Waals surface area contributed by atoms with Crippen molar-refractivity contribution in [3.05, 3.63) is 24.3 Å². The summed E-state index contributed by atoms with van der Waals surface area (Å²) in [5.41, 5.74) is 2.22. The number of hydrogen-bond acceptors (Lipinski definition) is 3. The van der Waals surface area contributed by atoms with Gasteiger partial charge in [-0.05, 0) is 12.1 Å². The van der Waals surface area contributed by atoms with E-state index in [9.17, 15) is 13.6 Å². The highest BCUT2D eigenvalue weighted by Gasteiger charge is 2.40. The Morgan fingerprint density at radius 3 is 2.68 bits per heavy atom. The minimum Gasteiger partial charge on any atom is -0.430 e. The highest BCUT2D eigenvalue weighted by atomic mass is 35.5. The van der Waals surface area contributed by atoms with Gasteiger partial charge in [0.15, 0.2) is 0 Å². The fourth-order valence-corrected chi connectivity index (χ4v) is 1.18. The van der Waals surface area contributed by atoms with Crippen molar-refractivity contribution in [1.82, 2.24) is 5.48 Å². The highest BCUT2D eigenvalue weighted by Crippen LogP contribution is 2.31. The number of benzene rings is 1. The maximum absolute atomic E-state index is 13.1. The van der Waals surface area contributed by atoms with E-state index in [1.165, 1.54) is 31.4 Å². The minimum atomic E-state index is -3.74. The molecule has 0 saturated heterocycles. The zero-order valence-electron chi connectivity index (χ0n) is 9.62. The monoisotopic (exact) mass is 314 g/mol. The van der Waals surface area contributed by atoms with E-state index in [0.717, 1.165) is 0 Å². The first kappa shape index (κ1) is 15.7. The number of halogens is 4. The van der Waals surface area contributed by atoms with Gasteiger partial charge in [-0.3, -0.25) is 4.84 Å². The first-order chi connectivity index (χ1) is 8.85. The number of carbonyl (C=O) groups excluding carboxylic acids is 1. The van der Waals surface area contributed by atoms with Crippen molar-refractivity contribution < 1.29 is 23.1 Å². The van der Waals surface area contributed by atoms with E-state index in [-0.39, 0.29) is 11.4 Å². The number of ether oxygens (including phenoxy) is 1.